The Morgan fingerprint density at radius 1 is 1.10 bits per heavy atom. The molecule has 3 aliphatic heterocycles. The zero-order valence-corrected chi connectivity index (χ0v) is 28.2. The number of piperidine rings is 2. The summed E-state index contributed by atoms with van der Waals surface area (Å²) >= 11 is 0. The fraction of sp³-hybridized carbons (Fsp3) is 0.526. The van der Waals surface area contributed by atoms with Gasteiger partial charge in [-0.2, -0.15) is 9.97 Å². The summed E-state index contributed by atoms with van der Waals surface area (Å²) in [4.78, 5) is 30.6. The molecule has 1 saturated carbocycles. The minimum Gasteiger partial charge on any atom is -0.508 e. The zero-order chi connectivity index (χ0) is 33.9. The van der Waals surface area contributed by atoms with Gasteiger partial charge in [-0.15, -0.1) is 0 Å². The Bertz CT molecular complexity index is 1940. The second-order valence-electron chi connectivity index (χ2n) is 14.7. The molecule has 11 heteroatoms. The molecule has 1 atom stereocenters. The lowest BCUT2D eigenvalue weighted by Crippen LogP contribution is -2.56. The molecule has 1 N–H and O–H groups in total. The number of hydrogen-bond acceptors (Lipinski definition) is 9. The van der Waals surface area contributed by atoms with E-state index in [9.17, 15) is 9.90 Å². The van der Waals surface area contributed by atoms with E-state index >= 15 is 8.78 Å². The minimum atomic E-state index is -0.676. The molecule has 0 unspecified atom stereocenters. The van der Waals surface area contributed by atoms with Crippen LogP contribution in [-0.4, -0.2) is 82.3 Å². The minimum absolute atomic E-state index is 0.0191. The van der Waals surface area contributed by atoms with Gasteiger partial charge in [-0.1, -0.05) is 13.0 Å². The number of aromatic nitrogens is 3. The van der Waals surface area contributed by atoms with Crippen LogP contribution in [0.5, 0.6) is 11.8 Å². The van der Waals surface area contributed by atoms with Crippen LogP contribution in [0.3, 0.4) is 0 Å². The summed E-state index contributed by atoms with van der Waals surface area (Å²) in [5.41, 5.74) is 0.534. The highest BCUT2D eigenvalue weighted by atomic mass is 19.1. The summed E-state index contributed by atoms with van der Waals surface area (Å²) in [6.07, 6.45) is 8.66. The summed E-state index contributed by atoms with van der Waals surface area (Å²) in [5.74, 6) is -0.138. The average Bonchev–Trinajstić information content (AvgIpc) is 3.86. The molecule has 4 aromatic rings. The number of carbonyl (C=O) groups is 1. The highest BCUT2D eigenvalue weighted by Gasteiger charge is 2.46. The first-order chi connectivity index (χ1) is 23.7. The number of benzene rings is 2. The number of ether oxygens (including phenoxy) is 2. The number of Topliss-reactive ketones (excluding diaryl/α,β-unsaturated/α-hetero) is 1. The quantitative estimate of drug-likeness (QED) is 0.211. The Morgan fingerprint density at radius 3 is 2.59 bits per heavy atom. The number of fused-ring (bicyclic) bond motifs is 2. The SMILES string of the molecule is CCc1c(F)ccc2cc(O)cc(-c3ncc4c(N5CCC[C@]6(CCO6)C5)nc(OCC5(CN6CCC(C(C)=O)CC6)CC5)nc4c3F)c12. The number of phenols is 1. The molecule has 1 spiro atoms. The fourth-order valence-electron chi connectivity index (χ4n) is 8.25. The first-order valence-electron chi connectivity index (χ1n) is 17.7. The van der Waals surface area contributed by atoms with E-state index in [0.717, 1.165) is 77.7 Å². The molecule has 2 aromatic carbocycles. The molecule has 1 aliphatic carbocycles. The molecular formula is C38H43F2N5O4. The van der Waals surface area contributed by atoms with E-state index in [1.807, 2.05) is 6.92 Å². The number of carbonyl (C=O) groups excluding carboxylic acids is 1. The molecule has 0 bridgehead atoms. The van der Waals surface area contributed by atoms with E-state index in [-0.39, 0.29) is 45.7 Å². The Labute approximate surface area is 284 Å². The summed E-state index contributed by atoms with van der Waals surface area (Å²) in [7, 11) is 0. The Balaban J connectivity index is 1.17. The monoisotopic (exact) mass is 671 g/mol. The number of rotatable bonds is 9. The van der Waals surface area contributed by atoms with Crippen LogP contribution in [0.1, 0.15) is 64.4 Å². The third kappa shape index (κ3) is 5.98. The van der Waals surface area contributed by atoms with Crippen molar-refractivity contribution in [2.45, 2.75) is 70.8 Å². The van der Waals surface area contributed by atoms with Crippen LogP contribution in [0.15, 0.2) is 30.5 Å². The number of ketones is 1. The highest BCUT2D eigenvalue weighted by molar-refractivity contribution is 6.01. The van der Waals surface area contributed by atoms with Crippen molar-refractivity contribution in [2.24, 2.45) is 11.3 Å². The van der Waals surface area contributed by atoms with Gasteiger partial charge in [-0.25, -0.2) is 8.78 Å². The Morgan fingerprint density at radius 2 is 1.90 bits per heavy atom. The largest absolute Gasteiger partial charge is 0.508 e. The lowest BCUT2D eigenvalue weighted by Gasteiger charge is -2.48. The normalized spacial score (nSPS) is 22.5. The van der Waals surface area contributed by atoms with E-state index in [2.05, 4.69) is 19.8 Å². The van der Waals surface area contributed by atoms with Crippen molar-refractivity contribution in [2.75, 3.05) is 50.8 Å². The van der Waals surface area contributed by atoms with Gasteiger partial charge in [0.2, 0.25) is 0 Å². The molecule has 0 amide bonds. The van der Waals surface area contributed by atoms with Crippen molar-refractivity contribution in [3.8, 4) is 23.0 Å². The number of anilines is 1. The van der Waals surface area contributed by atoms with Crippen LogP contribution in [0, 0.1) is 23.0 Å². The molecule has 9 nitrogen and oxygen atoms in total. The lowest BCUT2D eigenvalue weighted by atomic mass is 9.86. The summed E-state index contributed by atoms with van der Waals surface area (Å²) in [6.45, 7) is 8.73. The zero-order valence-electron chi connectivity index (χ0n) is 28.2. The van der Waals surface area contributed by atoms with Gasteiger partial charge in [0.05, 0.1) is 24.2 Å². The highest BCUT2D eigenvalue weighted by Crippen LogP contribution is 2.47. The first kappa shape index (κ1) is 32.3. The average molecular weight is 672 g/mol. The molecule has 258 valence electrons. The Kier molecular flexibility index (Phi) is 8.18. The smallest absolute Gasteiger partial charge is 0.319 e. The summed E-state index contributed by atoms with van der Waals surface area (Å²) in [5, 5.41) is 12.2. The summed E-state index contributed by atoms with van der Waals surface area (Å²) in [6, 6.07) is 6.06. The van der Waals surface area contributed by atoms with Gasteiger partial charge in [0.15, 0.2) is 5.82 Å². The van der Waals surface area contributed by atoms with Crippen molar-refractivity contribution >= 4 is 33.3 Å². The van der Waals surface area contributed by atoms with E-state index in [4.69, 9.17) is 14.5 Å². The number of hydrogen-bond donors (Lipinski definition) is 1. The van der Waals surface area contributed by atoms with Crippen LogP contribution < -0.4 is 9.64 Å². The number of likely N-dealkylation sites (tertiary alicyclic amines) is 1. The van der Waals surface area contributed by atoms with E-state index in [1.54, 1.807) is 25.3 Å². The first-order valence-corrected chi connectivity index (χ1v) is 17.7. The van der Waals surface area contributed by atoms with Crippen molar-refractivity contribution < 1.29 is 28.2 Å². The maximum Gasteiger partial charge on any atom is 0.319 e. The van der Waals surface area contributed by atoms with E-state index in [0.29, 0.717) is 52.7 Å². The van der Waals surface area contributed by atoms with E-state index in [1.165, 1.54) is 12.1 Å². The number of halogens is 2. The predicted octanol–water partition coefficient (Wildman–Crippen LogP) is 6.61. The van der Waals surface area contributed by atoms with Crippen LogP contribution in [0.4, 0.5) is 14.6 Å². The van der Waals surface area contributed by atoms with Crippen LogP contribution in [-0.2, 0) is 16.0 Å². The second-order valence-corrected chi connectivity index (χ2v) is 14.7. The molecule has 49 heavy (non-hydrogen) atoms. The van der Waals surface area contributed by atoms with Gasteiger partial charge in [0, 0.05) is 49.1 Å². The van der Waals surface area contributed by atoms with Crippen molar-refractivity contribution in [3.05, 3.63) is 47.7 Å². The van der Waals surface area contributed by atoms with Crippen LogP contribution >= 0.6 is 0 Å². The molecule has 0 radical (unpaired) electrons. The second kappa shape index (κ2) is 12.4. The molecule has 3 saturated heterocycles. The standard InChI is InChI=1S/C38H43F2N5O4/c1-3-27-30(39)6-5-25-17-26(47)18-28(31(25)27)33-32(40)34-29(19-41-33)35(45-13-4-9-38(21-45)12-16-49-38)43-36(42-34)48-22-37(10-11-37)20-44-14-7-24(8-15-44)23(2)46/h5-6,17-19,24,47H,3-4,7-16,20-22H2,1-2H3/t38-/m0/s1. The maximum absolute atomic E-state index is 16.9. The van der Waals surface area contributed by atoms with Gasteiger partial charge < -0.3 is 24.4 Å². The number of pyridine rings is 1. The number of nitrogens with zero attached hydrogens (tertiary/aromatic N) is 5. The molecule has 4 aliphatic rings. The number of aryl methyl sites for hydroxylation is 1. The van der Waals surface area contributed by atoms with Crippen molar-refractivity contribution in [3.63, 3.8) is 0 Å². The van der Waals surface area contributed by atoms with Crippen LogP contribution in [0.2, 0.25) is 0 Å². The van der Waals surface area contributed by atoms with Gasteiger partial charge in [-0.3, -0.25) is 9.78 Å². The number of phenolic OH excluding ortho intramolecular Hbond substituents is 1. The van der Waals surface area contributed by atoms with Gasteiger partial charge in [0.1, 0.15) is 34.4 Å². The predicted molar refractivity (Wildman–Crippen MR) is 183 cm³/mol. The maximum atomic E-state index is 16.9. The summed E-state index contributed by atoms with van der Waals surface area (Å²) < 4.78 is 44.4. The molecule has 2 aromatic heterocycles. The van der Waals surface area contributed by atoms with Gasteiger partial charge in [0.25, 0.3) is 0 Å². The van der Waals surface area contributed by atoms with Crippen molar-refractivity contribution in [1.29, 1.82) is 0 Å². The Hall–Kier alpha value is -3.96. The van der Waals surface area contributed by atoms with Crippen molar-refractivity contribution in [1.82, 2.24) is 19.9 Å². The fourth-order valence-corrected chi connectivity index (χ4v) is 8.25. The lowest BCUT2D eigenvalue weighted by molar-refractivity contribution is -0.151. The molecule has 8 rings (SSSR count). The van der Waals surface area contributed by atoms with Gasteiger partial charge >= 0.3 is 6.01 Å². The van der Waals surface area contributed by atoms with Gasteiger partial charge in [-0.05, 0) is 99.5 Å². The van der Waals surface area contributed by atoms with Crippen LogP contribution in [0.25, 0.3) is 32.9 Å². The molecule has 5 heterocycles. The van der Waals surface area contributed by atoms with E-state index < -0.39 is 11.6 Å². The molecular weight excluding hydrogens is 628 g/mol. The molecule has 4 fully saturated rings. The number of aromatic hydroxyl groups is 1. The third-order valence-corrected chi connectivity index (χ3v) is 11.4. The third-order valence-electron chi connectivity index (χ3n) is 11.4. The topological polar surface area (TPSA) is 101 Å².